The van der Waals surface area contributed by atoms with Gasteiger partial charge in [-0.3, -0.25) is 4.79 Å². The molecule has 0 saturated heterocycles. The van der Waals surface area contributed by atoms with Crippen molar-refractivity contribution in [3.05, 3.63) is 23.8 Å². The maximum absolute atomic E-state index is 11.7. The van der Waals surface area contributed by atoms with Crippen molar-refractivity contribution in [3.8, 4) is 0 Å². The topological polar surface area (TPSA) is 32.3 Å². The molecule has 0 fully saturated rings. The van der Waals surface area contributed by atoms with Crippen LogP contribution in [0.5, 0.6) is 0 Å². The highest BCUT2D eigenvalue weighted by molar-refractivity contribution is 5.91. The van der Waals surface area contributed by atoms with Gasteiger partial charge in [0.05, 0.1) is 0 Å². The van der Waals surface area contributed by atoms with Gasteiger partial charge in [-0.2, -0.15) is 0 Å². The van der Waals surface area contributed by atoms with E-state index >= 15 is 0 Å². The lowest BCUT2D eigenvalue weighted by molar-refractivity contribution is -0.116. The van der Waals surface area contributed by atoms with Gasteiger partial charge in [0, 0.05) is 31.4 Å². The maximum atomic E-state index is 11.7. The summed E-state index contributed by atoms with van der Waals surface area (Å²) in [4.78, 5) is 14.0. The molecule has 0 bridgehead atoms. The van der Waals surface area contributed by atoms with E-state index in [-0.39, 0.29) is 5.91 Å². The Bertz CT molecular complexity index is 440. The Kier molecular flexibility index (Phi) is 3.90. The minimum atomic E-state index is 0.100. The van der Waals surface area contributed by atoms with Crippen LogP contribution in [0.25, 0.3) is 0 Å². The highest BCUT2D eigenvalue weighted by atomic mass is 16.1. The first-order valence-corrected chi connectivity index (χ1v) is 6.70. The number of anilines is 2. The molecule has 1 aliphatic heterocycles. The Hall–Kier alpha value is -1.51. The Morgan fingerprint density at radius 3 is 2.94 bits per heavy atom. The van der Waals surface area contributed by atoms with E-state index in [1.54, 1.807) is 0 Å². The third-order valence-electron chi connectivity index (χ3n) is 3.31. The Morgan fingerprint density at radius 2 is 2.22 bits per heavy atom. The van der Waals surface area contributed by atoms with Crippen molar-refractivity contribution in [1.29, 1.82) is 0 Å². The molecule has 0 saturated carbocycles. The van der Waals surface area contributed by atoms with Crippen LogP contribution in [-0.2, 0) is 11.2 Å². The van der Waals surface area contributed by atoms with Crippen LogP contribution in [0.3, 0.4) is 0 Å². The standard InChI is InChI=1S/C15H22N2O/c1-11(2)9-15(18)16-13-7-6-12-5-4-8-17(3)14(12)10-13/h6-7,10-11H,4-5,8-9H2,1-3H3,(H,16,18). The number of aryl methyl sites for hydroxylation is 1. The Labute approximate surface area is 109 Å². The summed E-state index contributed by atoms with van der Waals surface area (Å²) in [6, 6.07) is 6.24. The van der Waals surface area contributed by atoms with Crippen molar-refractivity contribution >= 4 is 17.3 Å². The lowest BCUT2D eigenvalue weighted by Gasteiger charge is -2.28. The molecule has 3 heteroatoms. The van der Waals surface area contributed by atoms with Crippen molar-refractivity contribution in [1.82, 2.24) is 0 Å². The first-order chi connectivity index (χ1) is 8.56. The molecule has 18 heavy (non-hydrogen) atoms. The molecular formula is C15H22N2O. The minimum absolute atomic E-state index is 0.100. The fourth-order valence-electron chi connectivity index (χ4n) is 2.42. The van der Waals surface area contributed by atoms with Crippen LogP contribution in [0.4, 0.5) is 11.4 Å². The van der Waals surface area contributed by atoms with Gasteiger partial charge < -0.3 is 10.2 Å². The van der Waals surface area contributed by atoms with Gasteiger partial charge in [0.25, 0.3) is 0 Å². The van der Waals surface area contributed by atoms with Crippen molar-refractivity contribution in [2.75, 3.05) is 23.8 Å². The highest BCUT2D eigenvalue weighted by Crippen LogP contribution is 2.28. The molecule has 1 aromatic carbocycles. The predicted molar refractivity (Wildman–Crippen MR) is 76.1 cm³/mol. The van der Waals surface area contributed by atoms with E-state index in [0.29, 0.717) is 12.3 Å². The molecule has 1 heterocycles. The molecule has 2 rings (SSSR count). The van der Waals surface area contributed by atoms with Gasteiger partial charge >= 0.3 is 0 Å². The van der Waals surface area contributed by atoms with Crippen LogP contribution in [0.1, 0.15) is 32.3 Å². The largest absolute Gasteiger partial charge is 0.374 e. The summed E-state index contributed by atoms with van der Waals surface area (Å²) in [5.41, 5.74) is 3.54. The van der Waals surface area contributed by atoms with E-state index in [9.17, 15) is 4.79 Å². The number of nitrogens with one attached hydrogen (secondary N) is 1. The molecule has 0 aromatic heterocycles. The van der Waals surface area contributed by atoms with Crippen LogP contribution >= 0.6 is 0 Å². The SMILES string of the molecule is CC(C)CC(=O)Nc1ccc2c(c1)N(C)CCC2. The maximum Gasteiger partial charge on any atom is 0.224 e. The van der Waals surface area contributed by atoms with Gasteiger partial charge in [0.2, 0.25) is 5.91 Å². The molecule has 3 nitrogen and oxygen atoms in total. The molecule has 1 aromatic rings. The van der Waals surface area contributed by atoms with E-state index in [0.717, 1.165) is 18.7 Å². The first kappa shape index (κ1) is 12.9. The van der Waals surface area contributed by atoms with Gasteiger partial charge in [0.1, 0.15) is 0 Å². The van der Waals surface area contributed by atoms with Crippen molar-refractivity contribution < 1.29 is 4.79 Å². The second kappa shape index (κ2) is 5.42. The van der Waals surface area contributed by atoms with Gasteiger partial charge in [-0.25, -0.2) is 0 Å². The lowest BCUT2D eigenvalue weighted by Crippen LogP contribution is -2.25. The zero-order valence-corrected chi connectivity index (χ0v) is 11.5. The summed E-state index contributed by atoms with van der Waals surface area (Å²) in [6.45, 7) is 5.21. The quantitative estimate of drug-likeness (QED) is 0.889. The van der Waals surface area contributed by atoms with Crippen molar-refractivity contribution in [2.45, 2.75) is 33.1 Å². The Balaban J connectivity index is 2.11. The zero-order valence-electron chi connectivity index (χ0n) is 11.5. The molecule has 0 atom stereocenters. The average molecular weight is 246 g/mol. The van der Waals surface area contributed by atoms with Gasteiger partial charge in [-0.15, -0.1) is 0 Å². The van der Waals surface area contributed by atoms with Crippen molar-refractivity contribution in [2.24, 2.45) is 5.92 Å². The summed E-state index contributed by atoms with van der Waals surface area (Å²) >= 11 is 0. The highest BCUT2D eigenvalue weighted by Gasteiger charge is 2.14. The summed E-state index contributed by atoms with van der Waals surface area (Å²) < 4.78 is 0. The summed E-state index contributed by atoms with van der Waals surface area (Å²) in [6.07, 6.45) is 2.93. The summed E-state index contributed by atoms with van der Waals surface area (Å²) in [5, 5.41) is 2.98. The third-order valence-corrected chi connectivity index (χ3v) is 3.31. The number of hydrogen-bond acceptors (Lipinski definition) is 2. The molecule has 0 aliphatic carbocycles. The summed E-state index contributed by atoms with van der Waals surface area (Å²) in [7, 11) is 2.11. The van der Waals surface area contributed by atoms with Crippen LogP contribution in [-0.4, -0.2) is 19.5 Å². The predicted octanol–water partition coefficient (Wildman–Crippen LogP) is 3.05. The van der Waals surface area contributed by atoms with E-state index < -0.39 is 0 Å². The number of amides is 1. The fourth-order valence-corrected chi connectivity index (χ4v) is 2.42. The number of carbonyl (C=O) groups is 1. The van der Waals surface area contributed by atoms with E-state index in [2.05, 4.69) is 43.2 Å². The number of hydrogen-bond donors (Lipinski definition) is 1. The van der Waals surface area contributed by atoms with Crippen LogP contribution in [0, 0.1) is 5.92 Å². The van der Waals surface area contributed by atoms with Gasteiger partial charge in [0.15, 0.2) is 0 Å². The molecule has 0 spiro atoms. The van der Waals surface area contributed by atoms with Gasteiger partial charge in [-0.05, 0) is 36.5 Å². The molecule has 0 radical (unpaired) electrons. The Morgan fingerprint density at radius 1 is 1.44 bits per heavy atom. The van der Waals surface area contributed by atoms with E-state index in [4.69, 9.17) is 0 Å². The second-order valence-corrected chi connectivity index (χ2v) is 5.51. The lowest BCUT2D eigenvalue weighted by atomic mass is 10.0. The molecule has 1 aliphatic rings. The molecular weight excluding hydrogens is 224 g/mol. The van der Waals surface area contributed by atoms with E-state index in [1.807, 2.05) is 6.07 Å². The summed E-state index contributed by atoms with van der Waals surface area (Å²) in [5.74, 6) is 0.494. The smallest absolute Gasteiger partial charge is 0.224 e. The minimum Gasteiger partial charge on any atom is -0.374 e. The molecule has 1 N–H and O–H groups in total. The van der Waals surface area contributed by atoms with Crippen LogP contribution in [0.15, 0.2) is 18.2 Å². The number of rotatable bonds is 3. The van der Waals surface area contributed by atoms with Crippen molar-refractivity contribution in [3.63, 3.8) is 0 Å². The van der Waals surface area contributed by atoms with Crippen LogP contribution in [0.2, 0.25) is 0 Å². The normalized spacial score (nSPS) is 14.6. The van der Waals surface area contributed by atoms with Gasteiger partial charge in [-0.1, -0.05) is 19.9 Å². The third kappa shape index (κ3) is 3.03. The molecule has 98 valence electrons. The monoisotopic (exact) mass is 246 g/mol. The second-order valence-electron chi connectivity index (χ2n) is 5.51. The van der Waals surface area contributed by atoms with E-state index in [1.165, 1.54) is 17.7 Å². The van der Waals surface area contributed by atoms with Crippen LogP contribution < -0.4 is 10.2 Å². The first-order valence-electron chi connectivity index (χ1n) is 6.70. The average Bonchev–Trinajstić information content (AvgIpc) is 2.29. The number of fused-ring (bicyclic) bond motifs is 1. The number of nitrogens with zero attached hydrogens (tertiary/aromatic N) is 1. The fraction of sp³-hybridized carbons (Fsp3) is 0.533. The number of carbonyl (C=O) groups excluding carboxylic acids is 1. The molecule has 0 unspecified atom stereocenters. The zero-order chi connectivity index (χ0) is 13.1. The molecule has 1 amide bonds. The number of benzene rings is 1.